The summed E-state index contributed by atoms with van der Waals surface area (Å²) in [5.74, 6) is -0.245. The first kappa shape index (κ1) is 9.55. The molecule has 0 aliphatic heterocycles. The molecule has 0 amide bonds. The van der Waals surface area contributed by atoms with E-state index in [1.807, 2.05) is 0 Å². The Labute approximate surface area is 65.2 Å². The van der Waals surface area contributed by atoms with Crippen molar-refractivity contribution in [2.45, 2.75) is 6.92 Å². The summed E-state index contributed by atoms with van der Waals surface area (Å²) in [6, 6.07) is 1.78. The Morgan fingerprint density at radius 3 is 1.91 bits per heavy atom. The van der Waals surface area contributed by atoms with Crippen molar-refractivity contribution in [3.05, 3.63) is 24.8 Å². The van der Waals surface area contributed by atoms with E-state index in [0.717, 1.165) is 0 Å². The number of aromatic nitrogens is 2. The van der Waals surface area contributed by atoms with Crippen molar-refractivity contribution in [3.8, 4) is 0 Å². The standard InChI is InChI=1S/C4H4N2.C3H6O2/c1-2-5-4-6-3-1;1-3(4)5-2/h1-4H;1-2H3. The van der Waals surface area contributed by atoms with Crippen LogP contribution in [0.4, 0.5) is 0 Å². The van der Waals surface area contributed by atoms with Crippen LogP contribution in [0.5, 0.6) is 0 Å². The maximum absolute atomic E-state index is 9.59. The van der Waals surface area contributed by atoms with Crippen molar-refractivity contribution in [1.82, 2.24) is 9.97 Å². The SMILES string of the molecule is COC(C)=O.c1cncnc1. The molecule has 0 spiro atoms. The first-order chi connectivity index (χ1) is 5.27. The molecular weight excluding hydrogens is 144 g/mol. The summed E-state index contributed by atoms with van der Waals surface area (Å²) < 4.78 is 4.11. The average Bonchev–Trinajstić information content (AvgIpc) is 2.09. The second-order valence-electron chi connectivity index (χ2n) is 1.60. The van der Waals surface area contributed by atoms with Crippen LogP contribution in [0.15, 0.2) is 24.8 Å². The summed E-state index contributed by atoms with van der Waals surface area (Å²) in [5.41, 5.74) is 0. The topological polar surface area (TPSA) is 52.1 Å². The molecule has 4 heteroatoms. The molecule has 0 unspecified atom stereocenters. The molecule has 1 rings (SSSR count). The smallest absolute Gasteiger partial charge is 0.302 e. The average molecular weight is 154 g/mol. The van der Waals surface area contributed by atoms with Crippen molar-refractivity contribution in [3.63, 3.8) is 0 Å². The predicted octanol–water partition coefficient (Wildman–Crippen LogP) is 0.656. The molecule has 11 heavy (non-hydrogen) atoms. The lowest BCUT2D eigenvalue weighted by molar-refractivity contribution is -0.137. The molecule has 0 N–H and O–H groups in total. The molecule has 0 bridgehead atoms. The quantitative estimate of drug-likeness (QED) is 0.515. The Morgan fingerprint density at radius 2 is 1.82 bits per heavy atom. The molecular formula is C7H10N2O2. The van der Waals surface area contributed by atoms with Gasteiger partial charge in [-0.2, -0.15) is 0 Å². The van der Waals surface area contributed by atoms with Crippen LogP contribution in [-0.4, -0.2) is 23.0 Å². The zero-order valence-corrected chi connectivity index (χ0v) is 6.52. The highest BCUT2D eigenvalue weighted by molar-refractivity contribution is 5.65. The second-order valence-corrected chi connectivity index (χ2v) is 1.60. The molecule has 4 nitrogen and oxygen atoms in total. The van der Waals surface area contributed by atoms with Crippen molar-refractivity contribution in [1.29, 1.82) is 0 Å². The molecule has 0 radical (unpaired) electrons. The van der Waals surface area contributed by atoms with Crippen LogP contribution in [0.25, 0.3) is 0 Å². The number of carbonyl (C=O) groups excluding carboxylic acids is 1. The van der Waals surface area contributed by atoms with E-state index in [1.165, 1.54) is 20.4 Å². The highest BCUT2D eigenvalue weighted by atomic mass is 16.5. The summed E-state index contributed by atoms with van der Waals surface area (Å²) in [6.07, 6.45) is 4.88. The number of methoxy groups -OCH3 is 1. The van der Waals surface area contributed by atoms with E-state index in [-0.39, 0.29) is 5.97 Å². The summed E-state index contributed by atoms with van der Waals surface area (Å²) in [5, 5.41) is 0. The number of hydrogen-bond acceptors (Lipinski definition) is 4. The fourth-order valence-electron chi connectivity index (χ4n) is 0.253. The molecule has 1 aromatic heterocycles. The van der Waals surface area contributed by atoms with Gasteiger partial charge in [-0.05, 0) is 6.07 Å². The van der Waals surface area contributed by atoms with Gasteiger partial charge in [0.25, 0.3) is 0 Å². The van der Waals surface area contributed by atoms with Crippen molar-refractivity contribution < 1.29 is 9.53 Å². The molecule has 0 atom stereocenters. The Balaban J connectivity index is 0.000000187. The number of carbonyl (C=O) groups is 1. The highest BCUT2D eigenvalue weighted by Crippen LogP contribution is 1.66. The Morgan fingerprint density at radius 1 is 1.36 bits per heavy atom. The first-order valence-corrected chi connectivity index (χ1v) is 3.02. The van der Waals surface area contributed by atoms with Gasteiger partial charge in [-0.1, -0.05) is 0 Å². The zero-order chi connectivity index (χ0) is 8.53. The minimum atomic E-state index is -0.245. The Kier molecular flexibility index (Phi) is 5.79. The van der Waals surface area contributed by atoms with E-state index in [1.54, 1.807) is 18.5 Å². The second kappa shape index (κ2) is 6.67. The monoisotopic (exact) mass is 154 g/mol. The van der Waals surface area contributed by atoms with Crippen molar-refractivity contribution in [2.24, 2.45) is 0 Å². The molecule has 60 valence electrons. The molecule has 0 aliphatic rings. The lowest BCUT2D eigenvalue weighted by atomic mass is 10.7. The summed E-state index contributed by atoms with van der Waals surface area (Å²) in [7, 11) is 1.35. The van der Waals surface area contributed by atoms with Crippen LogP contribution in [0.3, 0.4) is 0 Å². The lowest BCUT2D eigenvalue weighted by Gasteiger charge is -1.80. The number of esters is 1. The lowest BCUT2D eigenvalue weighted by Crippen LogP contribution is -1.88. The van der Waals surface area contributed by atoms with Crippen LogP contribution < -0.4 is 0 Å². The van der Waals surface area contributed by atoms with Gasteiger partial charge in [0, 0.05) is 19.3 Å². The summed E-state index contributed by atoms with van der Waals surface area (Å²) >= 11 is 0. The van der Waals surface area contributed by atoms with Crippen LogP contribution in [0, 0.1) is 0 Å². The highest BCUT2D eigenvalue weighted by Gasteiger charge is 1.75. The molecule has 0 aromatic carbocycles. The van der Waals surface area contributed by atoms with Gasteiger partial charge in [0.2, 0.25) is 0 Å². The van der Waals surface area contributed by atoms with Gasteiger partial charge in [-0.3, -0.25) is 4.79 Å². The Hall–Kier alpha value is -1.45. The van der Waals surface area contributed by atoms with E-state index >= 15 is 0 Å². The molecule has 0 fully saturated rings. The third-order valence-electron chi connectivity index (χ3n) is 0.765. The predicted molar refractivity (Wildman–Crippen MR) is 39.7 cm³/mol. The molecule has 1 heterocycles. The van der Waals surface area contributed by atoms with Gasteiger partial charge < -0.3 is 4.74 Å². The van der Waals surface area contributed by atoms with Gasteiger partial charge in [-0.15, -0.1) is 0 Å². The van der Waals surface area contributed by atoms with E-state index in [0.29, 0.717) is 0 Å². The van der Waals surface area contributed by atoms with Crippen LogP contribution in [0.2, 0.25) is 0 Å². The molecule has 0 saturated carbocycles. The molecule has 0 aliphatic carbocycles. The van der Waals surface area contributed by atoms with Crippen molar-refractivity contribution >= 4 is 5.97 Å². The van der Waals surface area contributed by atoms with Crippen LogP contribution in [0.1, 0.15) is 6.92 Å². The van der Waals surface area contributed by atoms with E-state index in [4.69, 9.17) is 0 Å². The minimum Gasteiger partial charge on any atom is -0.469 e. The largest absolute Gasteiger partial charge is 0.469 e. The number of rotatable bonds is 0. The first-order valence-electron chi connectivity index (χ1n) is 3.02. The van der Waals surface area contributed by atoms with Crippen LogP contribution in [-0.2, 0) is 9.53 Å². The minimum absolute atomic E-state index is 0.245. The normalized spacial score (nSPS) is 7.45. The van der Waals surface area contributed by atoms with Gasteiger partial charge in [-0.25, -0.2) is 9.97 Å². The number of hydrogen-bond donors (Lipinski definition) is 0. The van der Waals surface area contributed by atoms with Gasteiger partial charge in [0.05, 0.1) is 7.11 Å². The van der Waals surface area contributed by atoms with Gasteiger partial charge >= 0.3 is 5.97 Å². The third kappa shape index (κ3) is 8.55. The fraction of sp³-hybridized carbons (Fsp3) is 0.286. The number of nitrogens with zero attached hydrogens (tertiary/aromatic N) is 2. The molecule has 1 aromatic rings. The zero-order valence-electron chi connectivity index (χ0n) is 6.52. The van der Waals surface area contributed by atoms with E-state index in [2.05, 4.69) is 14.7 Å². The number of ether oxygens (including phenoxy) is 1. The van der Waals surface area contributed by atoms with Gasteiger partial charge in [0.1, 0.15) is 6.33 Å². The van der Waals surface area contributed by atoms with E-state index < -0.39 is 0 Å². The maximum atomic E-state index is 9.59. The fourth-order valence-corrected chi connectivity index (χ4v) is 0.253. The Bertz CT molecular complexity index is 162. The van der Waals surface area contributed by atoms with Crippen molar-refractivity contribution in [2.75, 3.05) is 7.11 Å². The maximum Gasteiger partial charge on any atom is 0.302 e. The summed E-state index contributed by atoms with van der Waals surface area (Å²) in [4.78, 5) is 16.9. The van der Waals surface area contributed by atoms with Crippen LogP contribution >= 0.6 is 0 Å². The van der Waals surface area contributed by atoms with E-state index in [9.17, 15) is 4.79 Å². The summed E-state index contributed by atoms with van der Waals surface area (Å²) in [6.45, 7) is 1.36. The molecule has 0 saturated heterocycles. The van der Waals surface area contributed by atoms with Gasteiger partial charge in [0.15, 0.2) is 0 Å². The third-order valence-corrected chi connectivity index (χ3v) is 0.765.